The second-order valence-corrected chi connectivity index (χ2v) is 5.42. The van der Waals surface area contributed by atoms with E-state index in [1.807, 2.05) is 43.3 Å². The van der Waals surface area contributed by atoms with Crippen molar-refractivity contribution in [1.29, 1.82) is 0 Å². The first-order valence-electron chi connectivity index (χ1n) is 6.81. The summed E-state index contributed by atoms with van der Waals surface area (Å²) in [6.45, 7) is 3.12. The molecule has 0 aliphatic carbocycles. The van der Waals surface area contributed by atoms with Crippen molar-refractivity contribution in [2.24, 2.45) is 5.84 Å². The molecule has 1 aliphatic rings. The summed E-state index contributed by atoms with van der Waals surface area (Å²) in [5, 5.41) is 0.727. The summed E-state index contributed by atoms with van der Waals surface area (Å²) in [5.41, 5.74) is 5.88. The number of halogens is 1. The highest BCUT2D eigenvalue weighted by Gasteiger charge is 2.18. The molecule has 1 aliphatic heterocycles. The highest BCUT2D eigenvalue weighted by atomic mass is 35.5. The molecule has 1 atom stereocenters. The first kappa shape index (κ1) is 14.2. The zero-order valence-corrected chi connectivity index (χ0v) is 12.5. The van der Waals surface area contributed by atoms with Gasteiger partial charge in [-0.05, 0) is 41.8 Å². The van der Waals surface area contributed by atoms with Gasteiger partial charge in [0.1, 0.15) is 13.2 Å². The van der Waals surface area contributed by atoms with Crippen LogP contribution in [-0.4, -0.2) is 13.2 Å². The number of ether oxygens (including phenoxy) is 2. The van der Waals surface area contributed by atoms with E-state index in [0.29, 0.717) is 13.2 Å². The van der Waals surface area contributed by atoms with Crippen molar-refractivity contribution in [3.8, 4) is 11.5 Å². The monoisotopic (exact) mass is 304 g/mol. The maximum Gasteiger partial charge on any atom is 0.161 e. The molecule has 0 bridgehead atoms. The molecule has 0 radical (unpaired) electrons. The topological polar surface area (TPSA) is 56.5 Å². The molecule has 110 valence electrons. The zero-order valence-electron chi connectivity index (χ0n) is 11.7. The minimum atomic E-state index is -0.154. The van der Waals surface area contributed by atoms with Crippen LogP contribution in [0.5, 0.6) is 11.5 Å². The maximum absolute atomic E-state index is 6.20. The van der Waals surface area contributed by atoms with Crippen LogP contribution in [0.4, 0.5) is 0 Å². The molecule has 2 aromatic carbocycles. The minimum Gasteiger partial charge on any atom is -0.486 e. The van der Waals surface area contributed by atoms with E-state index in [-0.39, 0.29) is 6.04 Å². The molecule has 3 N–H and O–H groups in total. The van der Waals surface area contributed by atoms with Crippen molar-refractivity contribution >= 4 is 11.6 Å². The highest BCUT2D eigenvalue weighted by Crippen LogP contribution is 2.34. The number of rotatable bonds is 3. The molecule has 0 saturated carbocycles. The standard InChI is InChI=1S/C16H17ClN2O2/c1-10-2-3-11(8-13(10)17)16(19-18)12-4-5-14-15(9-12)21-7-6-20-14/h2-5,8-9,16,19H,6-7,18H2,1H3. The minimum absolute atomic E-state index is 0.154. The predicted molar refractivity (Wildman–Crippen MR) is 82.8 cm³/mol. The molecular weight excluding hydrogens is 288 g/mol. The summed E-state index contributed by atoms with van der Waals surface area (Å²) in [4.78, 5) is 0. The first-order chi connectivity index (χ1) is 10.2. The van der Waals surface area contributed by atoms with E-state index >= 15 is 0 Å². The van der Waals surface area contributed by atoms with Gasteiger partial charge in [-0.25, -0.2) is 5.43 Å². The Hall–Kier alpha value is -1.75. The smallest absolute Gasteiger partial charge is 0.161 e. The Morgan fingerprint density at radius 1 is 1.05 bits per heavy atom. The zero-order chi connectivity index (χ0) is 14.8. The number of hydrogen-bond acceptors (Lipinski definition) is 4. The molecular formula is C16H17ClN2O2. The average molecular weight is 305 g/mol. The van der Waals surface area contributed by atoms with Crippen LogP contribution in [0, 0.1) is 6.92 Å². The van der Waals surface area contributed by atoms with Crippen LogP contribution in [0.1, 0.15) is 22.7 Å². The van der Waals surface area contributed by atoms with Gasteiger partial charge in [-0.1, -0.05) is 29.8 Å². The van der Waals surface area contributed by atoms with Gasteiger partial charge in [0.15, 0.2) is 11.5 Å². The number of hydrazine groups is 1. The summed E-state index contributed by atoms with van der Waals surface area (Å²) >= 11 is 6.20. The Morgan fingerprint density at radius 2 is 1.71 bits per heavy atom. The normalized spacial score (nSPS) is 14.8. The van der Waals surface area contributed by atoms with Crippen molar-refractivity contribution in [1.82, 2.24) is 5.43 Å². The third-order valence-electron chi connectivity index (χ3n) is 3.60. The van der Waals surface area contributed by atoms with Crippen LogP contribution in [0.25, 0.3) is 0 Å². The average Bonchev–Trinajstić information content (AvgIpc) is 2.51. The molecule has 21 heavy (non-hydrogen) atoms. The van der Waals surface area contributed by atoms with Gasteiger partial charge in [-0.2, -0.15) is 0 Å². The van der Waals surface area contributed by atoms with Gasteiger partial charge in [0.05, 0.1) is 6.04 Å². The second-order valence-electron chi connectivity index (χ2n) is 5.01. The summed E-state index contributed by atoms with van der Waals surface area (Å²) in [7, 11) is 0. The summed E-state index contributed by atoms with van der Waals surface area (Å²) in [6.07, 6.45) is 0. The Morgan fingerprint density at radius 3 is 2.43 bits per heavy atom. The molecule has 1 unspecified atom stereocenters. The summed E-state index contributed by atoms with van der Waals surface area (Å²) in [6, 6.07) is 11.6. The molecule has 0 amide bonds. The number of hydrogen-bond donors (Lipinski definition) is 2. The number of benzene rings is 2. The van der Waals surface area contributed by atoms with Crippen LogP contribution < -0.4 is 20.7 Å². The quantitative estimate of drug-likeness (QED) is 0.676. The number of fused-ring (bicyclic) bond motifs is 1. The van der Waals surface area contributed by atoms with E-state index in [0.717, 1.165) is 33.2 Å². The van der Waals surface area contributed by atoms with Crippen molar-refractivity contribution < 1.29 is 9.47 Å². The van der Waals surface area contributed by atoms with Crippen LogP contribution >= 0.6 is 11.6 Å². The molecule has 0 spiro atoms. The van der Waals surface area contributed by atoms with E-state index in [1.165, 1.54) is 0 Å². The van der Waals surface area contributed by atoms with Gasteiger partial charge in [-0.15, -0.1) is 0 Å². The lowest BCUT2D eigenvalue weighted by atomic mass is 9.98. The second kappa shape index (κ2) is 5.93. The fourth-order valence-corrected chi connectivity index (χ4v) is 2.60. The van der Waals surface area contributed by atoms with Gasteiger partial charge in [0.2, 0.25) is 0 Å². The van der Waals surface area contributed by atoms with E-state index < -0.39 is 0 Å². The molecule has 1 heterocycles. The SMILES string of the molecule is Cc1ccc(C(NN)c2ccc3c(c2)OCCO3)cc1Cl. The Kier molecular flexibility index (Phi) is 4.01. The molecule has 2 aromatic rings. The molecule has 0 fully saturated rings. The Balaban J connectivity index is 1.97. The van der Waals surface area contributed by atoms with Gasteiger partial charge in [0.25, 0.3) is 0 Å². The van der Waals surface area contributed by atoms with Gasteiger partial charge < -0.3 is 9.47 Å². The lowest BCUT2D eigenvalue weighted by Gasteiger charge is -2.22. The lowest BCUT2D eigenvalue weighted by molar-refractivity contribution is 0.171. The number of nitrogens with two attached hydrogens (primary N) is 1. The van der Waals surface area contributed by atoms with E-state index in [1.54, 1.807) is 0 Å². The Bertz CT molecular complexity index is 661. The molecule has 4 nitrogen and oxygen atoms in total. The fraction of sp³-hybridized carbons (Fsp3) is 0.250. The van der Waals surface area contributed by atoms with E-state index in [2.05, 4.69) is 5.43 Å². The molecule has 0 saturated heterocycles. The Labute approximate surface area is 128 Å². The highest BCUT2D eigenvalue weighted by molar-refractivity contribution is 6.31. The van der Waals surface area contributed by atoms with Crippen LogP contribution in [0.3, 0.4) is 0 Å². The first-order valence-corrected chi connectivity index (χ1v) is 7.18. The molecule has 3 rings (SSSR count). The van der Waals surface area contributed by atoms with Crippen molar-refractivity contribution in [2.75, 3.05) is 13.2 Å². The lowest BCUT2D eigenvalue weighted by Crippen LogP contribution is -2.29. The van der Waals surface area contributed by atoms with Crippen molar-refractivity contribution in [3.05, 3.63) is 58.1 Å². The van der Waals surface area contributed by atoms with Gasteiger partial charge >= 0.3 is 0 Å². The number of nitrogens with one attached hydrogen (secondary N) is 1. The number of aryl methyl sites for hydroxylation is 1. The van der Waals surface area contributed by atoms with Gasteiger partial charge in [-0.3, -0.25) is 5.84 Å². The summed E-state index contributed by atoms with van der Waals surface area (Å²) in [5.74, 6) is 7.25. The molecule has 0 aromatic heterocycles. The maximum atomic E-state index is 6.20. The van der Waals surface area contributed by atoms with Crippen LogP contribution in [-0.2, 0) is 0 Å². The van der Waals surface area contributed by atoms with Crippen LogP contribution in [0.15, 0.2) is 36.4 Å². The van der Waals surface area contributed by atoms with Crippen molar-refractivity contribution in [3.63, 3.8) is 0 Å². The van der Waals surface area contributed by atoms with Crippen molar-refractivity contribution in [2.45, 2.75) is 13.0 Å². The fourth-order valence-electron chi connectivity index (χ4n) is 2.41. The predicted octanol–water partition coefficient (Wildman–Crippen LogP) is 2.97. The third-order valence-corrected chi connectivity index (χ3v) is 4.00. The van der Waals surface area contributed by atoms with E-state index in [4.69, 9.17) is 26.9 Å². The van der Waals surface area contributed by atoms with Gasteiger partial charge in [0, 0.05) is 5.02 Å². The summed E-state index contributed by atoms with van der Waals surface area (Å²) < 4.78 is 11.2. The third kappa shape index (κ3) is 2.83. The largest absolute Gasteiger partial charge is 0.486 e. The molecule has 5 heteroatoms. The van der Waals surface area contributed by atoms with Crippen LogP contribution in [0.2, 0.25) is 5.02 Å². The van der Waals surface area contributed by atoms with E-state index in [9.17, 15) is 0 Å².